The molecule has 2 aromatic heterocycles. The third-order valence-corrected chi connectivity index (χ3v) is 8.97. The maximum atomic E-state index is 11.1. The van der Waals surface area contributed by atoms with Gasteiger partial charge in [-0.25, -0.2) is 0 Å². The maximum Gasteiger partial charge on any atom is 0.261 e. The first-order chi connectivity index (χ1) is 10.0. The zero-order chi connectivity index (χ0) is 15.8. The molecule has 2 heterocycles. The number of rotatable bonds is 3. The van der Waals surface area contributed by atoms with Gasteiger partial charge in [0.15, 0.2) is 0 Å². The Kier molecular flexibility index (Phi) is 8.53. The molecule has 112 valence electrons. The van der Waals surface area contributed by atoms with Crippen LogP contribution in [0.3, 0.4) is 0 Å². The van der Waals surface area contributed by atoms with Crippen molar-refractivity contribution in [2.45, 2.75) is 4.94 Å². The minimum absolute atomic E-state index is 0.0318. The zero-order valence-electron chi connectivity index (χ0n) is 11.8. The molecule has 0 aliphatic heterocycles. The predicted octanol–water partition coefficient (Wildman–Crippen LogP) is 2.36. The van der Waals surface area contributed by atoms with Gasteiger partial charge in [-0.15, -0.1) is 11.3 Å². The Morgan fingerprint density at radius 3 is 1.90 bits per heavy atom. The van der Waals surface area contributed by atoms with E-state index in [9.17, 15) is 9.59 Å². The van der Waals surface area contributed by atoms with E-state index in [4.69, 9.17) is 0 Å². The number of halogens is 1. The summed E-state index contributed by atoms with van der Waals surface area (Å²) in [7, 11) is 3.28. The van der Waals surface area contributed by atoms with E-state index in [0.717, 1.165) is 13.5 Å². The van der Waals surface area contributed by atoms with E-state index in [1.54, 1.807) is 31.5 Å². The van der Waals surface area contributed by atoms with Crippen molar-refractivity contribution in [2.24, 2.45) is 0 Å². The van der Waals surface area contributed by atoms with Crippen LogP contribution in [0.15, 0.2) is 28.1 Å². The van der Waals surface area contributed by atoms with E-state index in [-0.39, 0.29) is 33.0 Å². The van der Waals surface area contributed by atoms with Crippen molar-refractivity contribution in [3.8, 4) is 0 Å². The number of hydrogen-bond acceptors (Lipinski definition) is 4. The molecule has 0 fully saturated rings. The second-order valence-electron chi connectivity index (χ2n) is 3.68. The van der Waals surface area contributed by atoms with Crippen LogP contribution in [0.4, 0.5) is 0 Å². The van der Waals surface area contributed by atoms with E-state index in [0.29, 0.717) is 0 Å². The topological polar surface area (TPSA) is 58.2 Å². The van der Waals surface area contributed by atoms with Crippen molar-refractivity contribution in [1.82, 2.24) is 10.6 Å². The van der Waals surface area contributed by atoms with Gasteiger partial charge in [0.25, 0.3) is 5.91 Å². The average Bonchev–Trinajstić information content (AvgIpc) is 3.15. The fourth-order valence-electron chi connectivity index (χ4n) is 1.28. The van der Waals surface area contributed by atoms with Crippen molar-refractivity contribution in [1.29, 1.82) is 0 Å². The molecule has 4 nitrogen and oxygen atoms in total. The van der Waals surface area contributed by atoms with Crippen LogP contribution >= 0.6 is 38.6 Å². The molecular formula is C13H15BrN2O2S2Sn. The molecular weight excluding hydrogens is 475 g/mol. The molecule has 8 heteroatoms. The monoisotopic (exact) mass is 491 g/mol. The Morgan fingerprint density at radius 1 is 1.00 bits per heavy atom. The second kappa shape index (κ2) is 9.60. The smallest absolute Gasteiger partial charge is 0.261 e. The first-order valence-corrected chi connectivity index (χ1v) is 12.7. The summed E-state index contributed by atoms with van der Waals surface area (Å²) >= 11 is 5.99. The Balaban J connectivity index is 0.000000211. The Hall–Kier alpha value is -0.381. The summed E-state index contributed by atoms with van der Waals surface area (Å²) in [5.41, 5.74) is 0. The van der Waals surface area contributed by atoms with E-state index >= 15 is 0 Å². The predicted molar refractivity (Wildman–Crippen MR) is 94.4 cm³/mol. The summed E-state index contributed by atoms with van der Waals surface area (Å²) in [5, 5.41) is 5.15. The van der Waals surface area contributed by atoms with Gasteiger partial charge in [-0.2, -0.15) is 0 Å². The molecule has 2 aromatic rings. The van der Waals surface area contributed by atoms with E-state index in [1.165, 1.54) is 14.2 Å². The van der Waals surface area contributed by atoms with Crippen LogP contribution in [0, 0.1) is 0 Å². The minimum atomic E-state index is -0.333. The normalized spacial score (nSPS) is 9.52. The molecule has 0 spiro atoms. The maximum absolute atomic E-state index is 11.1. The SMILES string of the molecule is CNC(=O)c1cc[c]([Sn][CH3])s1.CNC(=O)c1ccc([76Br])s1. The molecule has 21 heavy (non-hydrogen) atoms. The van der Waals surface area contributed by atoms with Crippen LogP contribution in [-0.4, -0.2) is 47.1 Å². The summed E-state index contributed by atoms with van der Waals surface area (Å²) < 4.78 is 2.40. The van der Waals surface area contributed by atoms with Gasteiger partial charge in [-0.3, -0.25) is 4.79 Å². The average molecular weight is 490 g/mol. The van der Waals surface area contributed by atoms with Gasteiger partial charge < -0.3 is 5.32 Å². The summed E-state index contributed by atoms with van der Waals surface area (Å²) in [4.78, 5) is 25.8. The molecule has 2 N–H and O–H groups in total. The minimum Gasteiger partial charge on any atom is -0.354 e. The number of nitrogens with one attached hydrogen (secondary N) is 2. The van der Waals surface area contributed by atoms with Gasteiger partial charge in [0, 0.05) is 7.05 Å². The van der Waals surface area contributed by atoms with Crippen molar-refractivity contribution in [3.05, 3.63) is 37.8 Å². The van der Waals surface area contributed by atoms with Crippen molar-refractivity contribution in [2.75, 3.05) is 14.1 Å². The fourth-order valence-corrected chi connectivity index (χ4v) is 5.94. The number of carbonyl (C=O) groups excluding carboxylic acids is 2. The fraction of sp³-hybridized carbons (Fsp3) is 0.231. The van der Waals surface area contributed by atoms with Crippen LogP contribution in [0.2, 0.25) is 4.94 Å². The first kappa shape index (κ1) is 18.7. The summed E-state index contributed by atoms with van der Waals surface area (Å²) in [6.45, 7) is 0. The molecule has 0 bridgehead atoms. The summed E-state index contributed by atoms with van der Waals surface area (Å²) in [5.74, 6) is 0.00442. The molecule has 0 saturated carbocycles. The third-order valence-electron chi connectivity index (χ3n) is 2.33. The van der Waals surface area contributed by atoms with Gasteiger partial charge >= 0.3 is 80.4 Å². The van der Waals surface area contributed by atoms with Crippen molar-refractivity contribution >= 4 is 74.5 Å². The molecule has 0 unspecified atom stereocenters. The van der Waals surface area contributed by atoms with Gasteiger partial charge in [0.05, 0.1) is 8.66 Å². The van der Waals surface area contributed by atoms with E-state index in [2.05, 4.69) is 37.6 Å². The molecule has 2 rings (SSSR count). The molecule has 0 aliphatic carbocycles. The Morgan fingerprint density at radius 2 is 1.52 bits per heavy atom. The van der Waals surface area contributed by atoms with Crippen LogP contribution in [-0.2, 0) is 0 Å². The summed E-state index contributed by atoms with van der Waals surface area (Å²) in [6, 6.07) is 7.62. The van der Waals surface area contributed by atoms with Crippen LogP contribution in [0.25, 0.3) is 0 Å². The standard InChI is InChI=1S/C6H6BrNOS.C6H6NOS.CH3.Sn/c1-8-6(9)4-2-3-5(7)10-4;1-7-6(8)5-3-2-4-9-5;;/h2-3H,1H3,(H,8,9);2-3H,1H3,(H,7,8);1H3;/i7-4;;;. The largest absolute Gasteiger partial charge is 0.354 e. The number of amides is 2. The van der Waals surface area contributed by atoms with Gasteiger partial charge in [0.1, 0.15) is 0 Å². The van der Waals surface area contributed by atoms with Crippen LogP contribution in [0.1, 0.15) is 19.3 Å². The van der Waals surface area contributed by atoms with Crippen LogP contribution < -0.4 is 13.5 Å². The molecule has 0 aromatic carbocycles. The second-order valence-corrected chi connectivity index (χ2v) is 11.2. The molecule has 0 aliphatic rings. The molecule has 0 atom stereocenters. The van der Waals surface area contributed by atoms with Gasteiger partial charge in [-0.1, -0.05) is 0 Å². The van der Waals surface area contributed by atoms with E-state index in [1.807, 2.05) is 12.1 Å². The molecule has 0 saturated heterocycles. The molecule has 2 radical (unpaired) electrons. The van der Waals surface area contributed by atoms with Crippen molar-refractivity contribution < 1.29 is 9.59 Å². The number of thiophene rings is 2. The van der Waals surface area contributed by atoms with Gasteiger partial charge in [-0.05, 0) is 28.1 Å². The number of hydrogen-bond donors (Lipinski definition) is 2. The zero-order valence-corrected chi connectivity index (χ0v) is 17.9. The Bertz CT molecular complexity index is 613. The summed E-state index contributed by atoms with van der Waals surface area (Å²) in [6.07, 6.45) is 0. The van der Waals surface area contributed by atoms with Crippen LogP contribution in [0.5, 0.6) is 0 Å². The Labute approximate surface area is 150 Å². The quantitative estimate of drug-likeness (QED) is 0.650. The number of carbonyl (C=O) groups is 2. The molecule has 2 amide bonds. The first-order valence-electron chi connectivity index (χ1n) is 5.99. The van der Waals surface area contributed by atoms with Gasteiger partial charge in [0.2, 0.25) is 0 Å². The van der Waals surface area contributed by atoms with Crippen molar-refractivity contribution in [3.63, 3.8) is 0 Å². The third kappa shape index (κ3) is 6.09. The van der Waals surface area contributed by atoms with E-state index < -0.39 is 0 Å².